The number of rotatable bonds is 2. The van der Waals surface area contributed by atoms with Gasteiger partial charge in [0.15, 0.2) is 5.75 Å². The SMILES string of the molecule is Cc1ccc(OS(=O)(=O)F)c(Br)c1. The van der Waals surface area contributed by atoms with E-state index >= 15 is 0 Å². The molecule has 0 amide bonds. The highest BCUT2D eigenvalue weighted by atomic mass is 79.9. The number of benzene rings is 1. The van der Waals surface area contributed by atoms with Gasteiger partial charge in [-0.25, -0.2) is 0 Å². The van der Waals surface area contributed by atoms with E-state index in [4.69, 9.17) is 0 Å². The fourth-order valence-corrected chi connectivity index (χ4v) is 1.82. The first kappa shape index (κ1) is 10.5. The minimum absolute atomic E-state index is 0.0619. The Morgan fingerprint density at radius 2 is 2.08 bits per heavy atom. The second-order valence-electron chi connectivity index (χ2n) is 2.41. The van der Waals surface area contributed by atoms with Crippen molar-refractivity contribution in [1.82, 2.24) is 0 Å². The van der Waals surface area contributed by atoms with E-state index in [0.29, 0.717) is 4.47 Å². The standard InChI is InChI=1S/C7H6BrFO3S/c1-5-2-3-7(6(8)4-5)12-13(9,10)11/h2-4H,1H3. The highest BCUT2D eigenvalue weighted by Crippen LogP contribution is 2.27. The summed E-state index contributed by atoms with van der Waals surface area (Å²) in [5, 5.41) is 0. The molecule has 0 heterocycles. The van der Waals surface area contributed by atoms with E-state index in [2.05, 4.69) is 20.1 Å². The molecule has 0 unspecified atom stereocenters. The number of hydrogen-bond donors (Lipinski definition) is 0. The van der Waals surface area contributed by atoms with E-state index in [1.807, 2.05) is 6.92 Å². The third kappa shape index (κ3) is 3.31. The molecule has 0 aliphatic rings. The molecule has 0 bridgehead atoms. The molecule has 0 radical (unpaired) electrons. The Balaban J connectivity index is 3.04. The van der Waals surface area contributed by atoms with Gasteiger partial charge in [0.1, 0.15) is 0 Å². The normalized spacial score (nSPS) is 11.3. The van der Waals surface area contributed by atoms with Crippen molar-refractivity contribution in [3.63, 3.8) is 0 Å². The van der Waals surface area contributed by atoms with Gasteiger partial charge in [-0.05, 0) is 40.5 Å². The maximum absolute atomic E-state index is 12.1. The van der Waals surface area contributed by atoms with Crippen molar-refractivity contribution in [2.45, 2.75) is 6.92 Å². The van der Waals surface area contributed by atoms with Gasteiger partial charge >= 0.3 is 10.5 Å². The van der Waals surface area contributed by atoms with Crippen LogP contribution in [-0.2, 0) is 10.5 Å². The molecule has 1 rings (SSSR count). The average Bonchev–Trinajstić information content (AvgIpc) is 1.93. The Morgan fingerprint density at radius 1 is 1.46 bits per heavy atom. The van der Waals surface area contributed by atoms with Gasteiger partial charge in [0.2, 0.25) is 0 Å². The summed E-state index contributed by atoms with van der Waals surface area (Å²) < 4.78 is 36.8. The Bertz CT molecular complexity index is 416. The van der Waals surface area contributed by atoms with Crippen molar-refractivity contribution in [3.05, 3.63) is 28.2 Å². The summed E-state index contributed by atoms with van der Waals surface area (Å²) in [6, 6.07) is 4.61. The summed E-state index contributed by atoms with van der Waals surface area (Å²) >= 11 is 3.04. The van der Waals surface area contributed by atoms with E-state index in [9.17, 15) is 12.3 Å². The predicted molar refractivity (Wildman–Crippen MR) is 49.5 cm³/mol. The van der Waals surface area contributed by atoms with Crippen molar-refractivity contribution in [3.8, 4) is 5.75 Å². The maximum atomic E-state index is 12.1. The topological polar surface area (TPSA) is 43.4 Å². The van der Waals surface area contributed by atoms with Gasteiger partial charge in [-0.3, -0.25) is 0 Å². The molecule has 1 aromatic carbocycles. The molecule has 0 saturated carbocycles. The van der Waals surface area contributed by atoms with Gasteiger partial charge < -0.3 is 4.18 Å². The fraction of sp³-hybridized carbons (Fsp3) is 0.143. The van der Waals surface area contributed by atoms with Crippen LogP contribution in [0.15, 0.2) is 22.7 Å². The van der Waals surface area contributed by atoms with Crippen molar-refractivity contribution in [1.29, 1.82) is 0 Å². The van der Waals surface area contributed by atoms with E-state index in [1.54, 1.807) is 12.1 Å². The molecule has 3 nitrogen and oxygen atoms in total. The van der Waals surface area contributed by atoms with Crippen LogP contribution < -0.4 is 4.18 Å². The zero-order valence-electron chi connectivity index (χ0n) is 6.62. The average molecular weight is 269 g/mol. The largest absolute Gasteiger partial charge is 0.488 e. The van der Waals surface area contributed by atoms with Crippen molar-refractivity contribution >= 4 is 26.4 Å². The number of halogens is 2. The Kier molecular flexibility index (Phi) is 2.92. The molecular weight excluding hydrogens is 263 g/mol. The van der Waals surface area contributed by atoms with Crippen molar-refractivity contribution in [2.24, 2.45) is 0 Å². The molecule has 0 fully saturated rings. The van der Waals surface area contributed by atoms with E-state index < -0.39 is 10.5 Å². The molecule has 0 saturated heterocycles. The summed E-state index contributed by atoms with van der Waals surface area (Å²) in [5.74, 6) is -0.0619. The van der Waals surface area contributed by atoms with Gasteiger partial charge in [-0.15, -0.1) is 0 Å². The minimum atomic E-state index is -4.94. The second-order valence-corrected chi connectivity index (χ2v) is 4.22. The molecule has 0 aliphatic carbocycles. The molecule has 0 atom stereocenters. The molecule has 0 N–H and O–H groups in total. The molecule has 13 heavy (non-hydrogen) atoms. The zero-order valence-corrected chi connectivity index (χ0v) is 9.02. The van der Waals surface area contributed by atoms with Gasteiger partial charge in [0, 0.05) is 0 Å². The third-order valence-electron chi connectivity index (χ3n) is 1.28. The van der Waals surface area contributed by atoms with Crippen molar-refractivity contribution < 1.29 is 16.5 Å². The van der Waals surface area contributed by atoms with Crippen LogP contribution in [-0.4, -0.2) is 8.42 Å². The Labute approximate surface area is 84.1 Å². The summed E-state index contributed by atoms with van der Waals surface area (Å²) in [6.07, 6.45) is 0. The van der Waals surface area contributed by atoms with Crippen LogP contribution in [0.4, 0.5) is 3.89 Å². The summed E-state index contributed by atoms with van der Waals surface area (Å²) in [4.78, 5) is 0. The first-order valence-electron chi connectivity index (χ1n) is 3.29. The van der Waals surface area contributed by atoms with E-state index in [-0.39, 0.29) is 5.75 Å². The maximum Gasteiger partial charge on any atom is 0.488 e. The van der Waals surface area contributed by atoms with Gasteiger partial charge in [0.25, 0.3) is 0 Å². The monoisotopic (exact) mass is 268 g/mol. The number of aryl methyl sites for hydroxylation is 1. The molecule has 0 spiro atoms. The first-order valence-corrected chi connectivity index (χ1v) is 5.39. The molecule has 0 aliphatic heterocycles. The van der Waals surface area contributed by atoms with Gasteiger partial charge in [-0.1, -0.05) is 9.95 Å². The van der Waals surface area contributed by atoms with Crippen LogP contribution in [0.5, 0.6) is 5.75 Å². The molecule has 1 aromatic rings. The third-order valence-corrected chi connectivity index (χ3v) is 2.28. The van der Waals surface area contributed by atoms with E-state index in [1.165, 1.54) is 6.07 Å². The molecular formula is C7H6BrFO3S. The first-order chi connectivity index (χ1) is 5.88. The van der Waals surface area contributed by atoms with Crippen LogP contribution in [0.2, 0.25) is 0 Å². The Hall–Kier alpha value is -0.620. The molecule has 72 valence electrons. The lowest BCUT2D eigenvalue weighted by Crippen LogP contribution is -2.01. The lowest BCUT2D eigenvalue weighted by molar-refractivity contribution is 0.439. The Morgan fingerprint density at radius 3 is 2.54 bits per heavy atom. The fourth-order valence-electron chi connectivity index (χ4n) is 0.781. The molecule has 0 aromatic heterocycles. The van der Waals surface area contributed by atoms with Gasteiger partial charge in [0.05, 0.1) is 4.47 Å². The highest BCUT2D eigenvalue weighted by Gasteiger charge is 2.11. The second kappa shape index (κ2) is 3.63. The van der Waals surface area contributed by atoms with Crippen molar-refractivity contribution in [2.75, 3.05) is 0 Å². The van der Waals surface area contributed by atoms with Crippen LogP contribution in [0.1, 0.15) is 5.56 Å². The summed E-state index contributed by atoms with van der Waals surface area (Å²) in [6.45, 7) is 1.82. The van der Waals surface area contributed by atoms with Crippen LogP contribution in [0.3, 0.4) is 0 Å². The smallest absolute Gasteiger partial charge is 0.357 e. The lowest BCUT2D eigenvalue weighted by atomic mass is 10.2. The highest BCUT2D eigenvalue weighted by molar-refractivity contribution is 9.10. The zero-order chi connectivity index (χ0) is 10.1. The predicted octanol–water partition coefficient (Wildman–Crippen LogP) is 2.35. The van der Waals surface area contributed by atoms with Crippen LogP contribution in [0, 0.1) is 6.92 Å². The summed E-state index contributed by atoms with van der Waals surface area (Å²) in [7, 11) is -4.94. The minimum Gasteiger partial charge on any atom is -0.357 e. The quantitative estimate of drug-likeness (QED) is 0.774. The van der Waals surface area contributed by atoms with E-state index in [0.717, 1.165) is 5.56 Å². The van der Waals surface area contributed by atoms with Gasteiger partial charge in [-0.2, -0.15) is 8.42 Å². The van der Waals surface area contributed by atoms with Crippen LogP contribution >= 0.6 is 15.9 Å². The number of hydrogen-bond acceptors (Lipinski definition) is 3. The summed E-state index contributed by atoms with van der Waals surface area (Å²) in [5.41, 5.74) is 0.912. The molecule has 6 heteroatoms. The lowest BCUT2D eigenvalue weighted by Gasteiger charge is -2.02. The van der Waals surface area contributed by atoms with Crippen LogP contribution in [0.25, 0.3) is 0 Å².